The van der Waals surface area contributed by atoms with Gasteiger partial charge in [-0.05, 0) is 67.3 Å². The molecule has 1 aromatic carbocycles. The summed E-state index contributed by atoms with van der Waals surface area (Å²) in [5, 5.41) is 11.3. The Morgan fingerprint density at radius 1 is 1.16 bits per heavy atom. The first-order valence-corrected chi connectivity index (χ1v) is 12.2. The van der Waals surface area contributed by atoms with E-state index >= 15 is 0 Å². The second kappa shape index (κ2) is 10.9. The van der Waals surface area contributed by atoms with Crippen LogP contribution in [0.4, 0.5) is 5.69 Å². The summed E-state index contributed by atoms with van der Waals surface area (Å²) in [6.45, 7) is 5.91. The van der Waals surface area contributed by atoms with E-state index in [4.69, 9.17) is 0 Å². The van der Waals surface area contributed by atoms with Crippen LogP contribution < -0.4 is 5.32 Å². The SMILES string of the molecule is C=C(/C=C(\N=CC)C(=O)Nc1cccc(-c2nncn2-c2cccnc2)c1)c1ccc(C2CCC2)nc1. The fourth-order valence-corrected chi connectivity index (χ4v) is 4.14. The van der Waals surface area contributed by atoms with Gasteiger partial charge in [0.25, 0.3) is 5.91 Å². The number of aromatic nitrogens is 5. The third kappa shape index (κ3) is 5.43. The van der Waals surface area contributed by atoms with Gasteiger partial charge in [-0.1, -0.05) is 31.2 Å². The second-order valence-corrected chi connectivity index (χ2v) is 8.81. The molecule has 0 unspecified atom stereocenters. The van der Waals surface area contributed by atoms with Gasteiger partial charge in [-0.2, -0.15) is 0 Å². The fraction of sp³-hybridized carbons (Fsp3) is 0.172. The summed E-state index contributed by atoms with van der Waals surface area (Å²) in [4.78, 5) is 26.2. The van der Waals surface area contributed by atoms with Crippen molar-refractivity contribution in [3.05, 3.63) is 103 Å². The molecular weight excluding hydrogens is 462 g/mol. The van der Waals surface area contributed by atoms with E-state index in [0.717, 1.165) is 22.5 Å². The van der Waals surface area contributed by atoms with E-state index in [1.54, 1.807) is 37.9 Å². The van der Waals surface area contributed by atoms with E-state index in [0.29, 0.717) is 23.0 Å². The van der Waals surface area contributed by atoms with E-state index in [-0.39, 0.29) is 11.6 Å². The van der Waals surface area contributed by atoms with Gasteiger partial charge in [0.05, 0.1) is 11.9 Å². The zero-order valence-electron chi connectivity index (χ0n) is 20.6. The Morgan fingerprint density at radius 3 is 2.76 bits per heavy atom. The van der Waals surface area contributed by atoms with Crippen LogP contribution in [0, 0.1) is 0 Å². The molecular formula is C29H27N7O. The number of carbonyl (C=O) groups is 1. The van der Waals surface area contributed by atoms with Crippen LogP contribution in [0.3, 0.4) is 0 Å². The third-order valence-electron chi connectivity index (χ3n) is 6.34. The van der Waals surface area contributed by atoms with Gasteiger partial charge in [0.1, 0.15) is 12.0 Å². The van der Waals surface area contributed by atoms with Gasteiger partial charge in [-0.15, -0.1) is 10.2 Å². The molecule has 1 N–H and O–H groups in total. The largest absolute Gasteiger partial charge is 0.321 e. The van der Waals surface area contributed by atoms with Crippen molar-refractivity contribution in [3.63, 3.8) is 0 Å². The van der Waals surface area contributed by atoms with Crippen molar-refractivity contribution in [3.8, 4) is 17.1 Å². The van der Waals surface area contributed by atoms with Crippen LogP contribution in [0.15, 0.2) is 96.8 Å². The number of nitrogens with one attached hydrogen (secondary N) is 1. The van der Waals surface area contributed by atoms with Crippen molar-refractivity contribution in [1.82, 2.24) is 24.7 Å². The number of pyridine rings is 2. The molecule has 0 saturated heterocycles. The summed E-state index contributed by atoms with van der Waals surface area (Å²) >= 11 is 0. The molecule has 37 heavy (non-hydrogen) atoms. The average molecular weight is 490 g/mol. The normalized spacial score (nSPS) is 13.9. The third-order valence-corrected chi connectivity index (χ3v) is 6.34. The van der Waals surface area contributed by atoms with Crippen molar-refractivity contribution < 1.29 is 4.79 Å². The topological polar surface area (TPSA) is 98.0 Å². The number of amides is 1. The molecule has 8 nitrogen and oxygen atoms in total. The Hall–Kier alpha value is -4.72. The summed E-state index contributed by atoms with van der Waals surface area (Å²) in [5.41, 5.74) is 5.14. The van der Waals surface area contributed by atoms with Crippen molar-refractivity contribution in [2.24, 2.45) is 4.99 Å². The Bertz CT molecular complexity index is 1470. The number of hydrogen-bond donors (Lipinski definition) is 1. The van der Waals surface area contributed by atoms with Crippen molar-refractivity contribution in [2.45, 2.75) is 32.1 Å². The summed E-state index contributed by atoms with van der Waals surface area (Å²) in [5.74, 6) is 0.861. The van der Waals surface area contributed by atoms with E-state index in [1.807, 2.05) is 53.2 Å². The highest BCUT2D eigenvalue weighted by Gasteiger charge is 2.20. The molecule has 184 valence electrons. The highest BCUT2D eigenvalue weighted by molar-refractivity contribution is 6.06. The van der Waals surface area contributed by atoms with Crippen LogP contribution in [0.25, 0.3) is 22.6 Å². The van der Waals surface area contributed by atoms with E-state index in [2.05, 4.69) is 43.1 Å². The number of hydrogen-bond acceptors (Lipinski definition) is 6. The van der Waals surface area contributed by atoms with Crippen molar-refractivity contribution >= 4 is 23.4 Å². The molecule has 0 spiro atoms. The first-order valence-electron chi connectivity index (χ1n) is 12.2. The van der Waals surface area contributed by atoms with Crippen LogP contribution >= 0.6 is 0 Å². The first-order chi connectivity index (χ1) is 18.1. The molecule has 1 aliphatic rings. The van der Waals surface area contributed by atoms with Gasteiger partial charge >= 0.3 is 0 Å². The molecule has 3 heterocycles. The summed E-state index contributed by atoms with van der Waals surface area (Å²) in [7, 11) is 0. The number of rotatable bonds is 8. The van der Waals surface area contributed by atoms with E-state index in [1.165, 1.54) is 19.3 Å². The average Bonchev–Trinajstić information content (AvgIpc) is 3.39. The number of allylic oxidation sites excluding steroid dienone is 2. The van der Waals surface area contributed by atoms with Gasteiger partial charge in [0.2, 0.25) is 0 Å². The molecule has 0 radical (unpaired) electrons. The number of aliphatic imine (C=N–C) groups is 1. The monoisotopic (exact) mass is 489 g/mol. The van der Waals surface area contributed by atoms with Gasteiger partial charge in [-0.25, -0.2) is 0 Å². The van der Waals surface area contributed by atoms with Crippen molar-refractivity contribution in [1.29, 1.82) is 0 Å². The molecule has 1 amide bonds. The van der Waals surface area contributed by atoms with E-state index in [9.17, 15) is 4.79 Å². The lowest BCUT2D eigenvalue weighted by Gasteiger charge is -2.24. The minimum Gasteiger partial charge on any atom is -0.321 e. The van der Waals surface area contributed by atoms with Crippen molar-refractivity contribution in [2.75, 3.05) is 5.32 Å². The maximum Gasteiger partial charge on any atom is 0.274 e. The van der Waals surface area contributed by atoms with Crippen LogP contribution in [0.1, 0.15) is 43.4 Å². The Labute approximate surface area is 215 Å². The molecule has 8 heteroatoms. The van der Waals surface area contributed by atoms with E-state index < -0.39 is 0 Å². The maximum atomic E-state index is 13.2. The zero-order valence-corrected chi connectivity index (χ0v) is 20.6. The van der Waals surface area contributed by atoms with Gasteiger partial charge < -0.3 is 5.32 Å². The molecule has 1 fully saturated rings. The standard InChI is InChI=1S/C29H27N7O/c1-3-31-27(15-20(2)23-12-13-26(32-17-23)21-7-4-8-21)29(37)34-24-10-5-9-22(16-24)28-35-33-19-36(28)25-11-6-14-30-18-25/h3,5-6,9-19,21H,2,4,7-8H2,1H3,(H,34,37)/b27-15-,31-3?. The fourth-order valence-electron chi connectivity index (χ4n) is 4.14. The predicted octanol–water partition coefficient (Wildman–Crippen LogP) is 5.62. The van der Waals surface area contributed by atoms with Crippen LogP contribution in [-0.2, 0) is 4.79 Å². The molecule has 3 aromatic heterocycles. The lowest BCUT2D eigenvalue weighted by molar-refractivity contribution is -0.112. The number of nitrogens with zero attached hydrogens (tertiary/aromatic N) is 6. The van der Waals surface area contributed by atoms with Crippen LogP contribution in [-0.4, -0.2) is 36.9 Å². The Balaban J connectivity index is 1.34. The molecule has 5 rings (SSSR count). The highest BCUT2D eigenvalue weighted by atomic mass is 16.2. The minimum atomic E-state index is -0.343. The van der Waals surface area contributed by atoms with Crippen LogP contribution in [0.5, 0.6) is 0 Å². The second-order valence-electron chi connectivity index (χ2n) is 8.81. The number of anilines is 1. The van der Waals surface area contributed by atoms with Gasteiger partial charge in [0, 0.05) is 41.5 Å². The quantitative estimate of drug-likeness (QED) is 0.197. The molecule has 1 aliphatic carbocycles. The molecule has 1 saturated carbocycles. The number of carbonyl (C=O) groups excluding carboxylic acids is 1. The molecule has 4 aromatic rings. The maximum absolute atomic E-state index is 13.2. The molecule has 0 aliphatic heterocycles. The highest BCUT2D eigenvalue weighted by Crippen LogP contribution is 2.35. The number of benzene rings is 1. The summed E-state index contributed by atoms with van der Waals surface area (Å²) < 4.78 is 1.84. The first kappa shape index (κ1) is 24.0. The lowest BCUT2D eigenvalue weighted by Crippen LogP contribution is -2.14. The summed E-state index contributed by atoms with van der Waals surface area (Å²) in [6, 6.07) is 15.3. The lowest BCUT2D eigenvalue weighted by atomic mass is 9.82. The van der Waals surface area contributed by atoms with Crippen LogP contribution in [0.2, 0.25) is 0 Å². The van der Waals surface area contributed by atoms with Gasteiger partial charge in [-0.3, -0.25) is 24.3 Å². The Kier molecular flexibility index (Phi) is 7.07. The van der Waals surface area contributed by atoms with Gasteiger partial charge in [0.15, 0.2) is 5.82 Å². The Morgan fingerprint density at radius 2 is 2.05 bits per heavy atom. The summed E-state index contributed by atoms with van der Waals surface area (Å²) in [6.07, 6.45) is 13.8. The molecule has 0 atom stereocenters. The predicted molar refractivity (Wildman–Crippen MR) is 145 cm³/mol. The smallest absolute Gasteiger partial charge is 0.274 e. The zero-order chi connectivity index (χ0) is 25.6. The molecule has 0 bridgehead atoms. The minimum absolute atomic E-state index is 0.250.